The van der Waals surface area contributed by atoms with E-state index in [4.69, 9.17) is 5.11 Å². The van der Waals surface area contributed by atoms with Crippen molar-refractivity contribution in [2.45, 2.75) is 32.7 Å². The van der Waals surface area contributed by atoms with E-state index in [1.165, 1.54) is 4.90 Å². The highest BCUT2D eigenvalue weighted by Gasteiger charge is 2.28. The Labute approximate surface area is 112 Å². The normalized spacial score (nSPS) is 19.1. The number of piperidine rings is 1. The number of rotatable bonds is 4. The van der Waals surface area contributed by atoms with E-state index in [-0.39, 0.29) is 31.1 Å². The summed E-state index contributed by atoms with van der Waals surface area (Å²) in [7, 11) is 0. The summed E-state index contributed by atoms with van der Waals surface area (Å²) in [6, 6.07) is -0.361. The first-order chi connectivity index (χ1) is 8.90. The molecule has 3 N–H and O–H groups in total. The van der Waals surface area contributed by atoms with Gasteiger partial charge in [0.15, 0.2) is 0 Å². The first-order valence-electron chi connectivity index (χ1n) is 6.45. The molecule has 0 aromatic carbocycles. The third-order valence-corrected chi connectivity index (χ3v) is 2.91. The zero-order chi connectivity index (χ0) is 14.4. The van der Waals surface area contributed by atoms with Gasteiger partial charge in [-0.05, 0) is 26.7 Å². The number of aliphatic carboxylic acids is 1. The lowest BCUT2D eigenvalue weighted by Crippen LogP contribution is -2.49. The van der Waals surface area contributed by atoms with Gasteiger partial charge in [0.05, 0.1) is 12.5 Å². The number of amides is 3. The average molecular weight is 271 g/mol. The van der Waals surface area contributed by atoms with Gasteiger partial charge in [0.2, 0.25) is 5.91 Å². The largest absolute Gasteiger partial charge is 0.481 e. The summed E-state index contributed by atoms with van der Waals surface area (Å²) in [6.07, 6.45) is 1.26. The summed E-state index contributed by atoms with van der Waals surface area (Å²) in [5.74, 6) is -1.64. The van der Waals surface area contributed by atoms with E-state index < -0.39 is 11.9 Å². The molecule has 1 rings (SSSR count). The van der Waals surface area contributed by atoms with Crippen LogP contribution in [0.25, 0.3) is 0 Å². The van der Waals surface area contributed by atoms with Crippen molar-refractivity contribution < 1.29 is 19.5 Å². The minimum atomic E-state index is -0.880. The van der Waals surface area contributed by atoms with Crippen molar-refractivity contribution in [3.05, 3.63) is 0 Å². The molecule has 7 heteroatoms. The predicted octanol–water partition coefficient (Wildman–Crippen LogP) is 0.0172. The number of carbonyl (C=O) groups excluding carboxylic acids is 2. The van der Waals surface area contributed by atoms with Gasteiger partial charge in [-0.25, -0.2) is 4.79 Å². The minimum Gasteiger partial charge on any atom is -0.481 e. The summed E-state index contributed by atoms with van der Waals surface area (Å²) < 4.78 is 0. The van der Waals surface area contributed by atoms with Crippen LogP contribution in [0.1, 0.15) is 26.7 Å². The molecular weight excluding hydrogens is 250 g/mol. The van der Waals surface area contributed by atoms with Crippen molar-refractivity contribution in [3.63, 3.8) is 0 Å². The maximum absolute atomic E-state index is 11.8. The molecule has 0 aromatic rings. The first kappa shape index (κ1) is 15.3. The van der Waals surface area contributed by atoms with Gasteiger partial charge in [0.1, 0.15) is 0 Å². The van der Waals surface area contributed by atoms with E-state index in [0.29, 0.717) is 19.4 Å². The van der Waals surface area contributed by atoms with Crippen LogP contribution in [0.2, 0.25) is 0 Å². The van der Waals surface area contributed by atoms with E-state index in [1.807, 2.05) is 13.8 Å². The maximum atomic E-state index is 11.8. The van der Waals surface area contributed by atoms with Crippen LogP contribution in [0, 0.1) is 5.92 Å². The highest BCUT2D eigenvalue weighted by molar-refractivity contribution is 5.84. The fourth-order valence-corrected chi connectivity index (χ4v) is 2.00. The van der Waals surface area contributed by atoms with Gasteiger partial charge in [0.25, 0.3) is 0 Å². The lowest BCUT2D eigenvalue weighted by Gasteiger charge is -2.30. The monoisotopic (exact) mass is 271 g/mol. The Morgan fingerprint density at radius 1 is 1.37 bits per heavy atom. The van der Waals surface area contributed by atoms with Crippen LogP contribution in [0.3, 0.4) is 0 Å². The van der Waals surface area contributed by atoms with Crippen molar-refractivity contribution in [1.29, 1.82) is 0 Å². The lowest BCUT2D eigenvalue weighted by molar-refractivity contribution is -0.143. The predicted molar refractivity (Wildman–Crippen MR) is 68.6 cm³/mol. The van der Waals surface area contributed by atoms with Gasteiger partial charge in [-0.2, -0.15) is 0 Å². The average Bonchev–Trinajstić information content (AvgIpc) is 2.35. The Morgan fingerprint density at radius 2 is 2.05 bits per heavy atom. The molecule has 0 unspecified atom stereocenters. The fourth-order valence-electron chi connectivity index (χ4n) is 2.00. The van der Waals surface area contributed by atoms with Crippen molar-refractivity contribution in [1.82, 2.24) is 15.5 Å². The Morgan fingerprint density at radius 3 is 2.63 bits per heavy atom. The second kappa shape index (κ2) is 6.96. The number of hydrogen-bond donors (Lipinski definition) is 3. The summed E-state index contributed by atoms with van der Waals surface area (Å²) in [5, 5.41) is 14.1. The topological polar surface area (TPSA) is 98.7 Å². The number of likely N-dealkylation sites (tertiary alicyclic amines) is 1. The smallest absolute Gasteiger partial charge is 0.317 e. The molecule has 0 radical (unpaired) electrons. The zero-order valence-electron chi connectivity index (χ0n) is 11.3. The first-order valence-corrected chi connectivity index (χ1v) is 6.45. The van der Waals surface area contributed by atoms with Crippen LogP contribution >= 0.6 is 0 Å². The van der Waals surface area contributed by atoms with Crippen LogP contribution < -0.4 is 10.6 Å². The van der Waals surface area contributed by atoms with Gasteiger partial charge in [-0.3, -0.25) is 9.59 Å². The summed E-state index contributed by atoms with van der Waals surface area (Å²) in [4.78, 5) is 35.5. The third kappa shape index (κ3) is 5.15. The standard InChI is InChI=1S/C12H21N3O4/c1-8(2)14-10(16)6-13-12(19)15-5-3-4-9(7-15)11(17)18/h8-9H,3-7H2,1-2H3,(H,13,19)(H,14,16)(H,17,18)/t9-/m1/s1. The third-order valence-electron chi connectivity index (χ3n) is 2.91. The molecule has 0 saturated carbocycles. The number of carbonyl (C=O) groups is 3. The number of carboxylic acids is 1. The van der Waals surface area contributed by atoms with Gasteiger partial charge in [-0.1, -0.05) is 0 Å². The van der Waals surface area contributed by atoms with Crippen LogP contribution in [0.15, 0.2) is 0 Å². The molecule has 3 amide bonds. The number of nitrogens with one attached hydrogen (secondary N) is 2. The van der Waals surface area contributed by atoms with E-state index >= 15 is 0 Å². The molecule has 7 nitrogen and oxygen atoms in total. The van der Waals surface area contributed by atoms with Crippen molar-refractivity contribution >= 4 is 17.9 Å². The summed E-state index contributed by atoms with van der Waals surface area (Å²) in [5.41, 5.74) is 0. The molecular formula is C12H21N3O4. The second-order valence-electron chi connectivity index (χ2n) is 5.00. The van der Waals surface area contributed by atoms with Gasteiger partial charge >= 0.3 is 12.0 Å². The highest BCUT2D eigenvalue weighted by Crippen LogP contribution is 2.16. The van der Waals surface area contributed by atoms with Crippen LogP contribution in [-0.4, -0.2) is 53.6 Å². The van der Waals surface area contributed by atoms with Gasteiger partial charge in [-0.15, -0.1) is 0 Å². The SMILES string of the molecule is CC(C)NC(=O)CNC(=O)N1CCC[C@@H](C(=O)O)C1. The molecule has 1 aliphatic rings. The second-order valence-corrected chi connectivity index (χ2v) is 5.00. The molecule has 1 saturated heterocycles. The number of nitrogens with zero attached hydrogens (tertiary/aromatic N) is 1. The Bertz CT molecular complexity index is 357. The molecule has 1 heterocycles. The van der Waals surface area contributed by atoms with E-state index in [9.17, 15) is 14.4 Å². The Hall–Kier alpha value is -1.79. The molecule has 1 atom stereocenters. The van der Waals surface area contributed by atoms with E-state index in [2.05, 4.69) is 10.6 Å². The summed E-state index contributed by atoms with van der Waals surface area (Å²) >= 11 is 0. The van der Waals surface area contributed by atoms with Crippen LogP contribution in [0.4, 0.5) is 4.79 Å². The zero-order valence-corrected chi connectivity index (χ0v) is 11.3. The molecule has 1 aliphatic heterocycles. The molecule has 108 valence electrons. The maximum Gasteiger partial charge on any atom is 0.317 e. The Balaban J connectivity index is 2.37. The van der Waals surface area contributed by atoms with E-state index in [0.717, 1.165) is 0 Å². The highest BCUT2D eigenvalue weighted by atomic mass is 16.4. The van der Waals surface area contributed by atoms with E-state index in [1.54, 1.807) is 0 Å². The molecule has 0 bridgehead atoms. The van der Waals surface area contributed by atoms with Crippen molar-refractivity contribution in [3.8, 4) is 0 Å². The number of carboxylic acid groups (broad SMARTS) is 1. The minimum absolute atomic E-state index is 0.0239. The number of hydrogen-bond acceptors (Lipinski definition) is 3. The van der Waals surface area contributed by atoms with Crippen LogP contribution in [0.5, 0.6) is 0 Å². The number of urea groups is 1. The molecule has 0 spiro atoms. The van der Waals surface area contributed by atoms with Gasteiger partial charge < -0.3 is 20.6 Å². The molecule has 1 fully saturated rings. The van der Waals surface area contributed by atoms with Crippen molar-refractivity contribution in [2.24, 2.45) is 5.92 Å². The fraction of sp³-hybridized carbons (Fsp3) is 0.750. The van der Waals surface area contributed by atoms with Crippen molar-refractivity contribution in [2.75, 3.05) is 19.6 Å². The molecule has 19 heavy (non-hydrogen) atoms. The molecule has 0 aliphatic carbocycles. The molecule has 0 aromatic heterocycles. The summed E-state index contributed by atoms with van der Waals surface area (Å²) in [6.45, 7) is 4.31. The quantitative estimate of drug-likeness (QED) is 0.671. The van der Waals surface area contributed by atoms with Gasteiger partial charge in [0, 0.05) is 19.1 Å². The van der Waals surface area contributed by atoms with Crippen LogP contribution in [-0.2, 0) is 9.59 Å². The lowest BCUT2D eigenvalue weighted by atomic mass is 9.99. The Kier molecular flexibility index (Phi) is 5.59.